The fraction of sp³-hybridized carbons (Fsp3) is 0.789. The summed E-state index contributed by atoms with van der Waals surface area (Å²) >= 11 is 0. The van der Waals surface area contributed by atoms with Gasteiger partial charge in [0, 0.05) is 25.0 Å². The summed E-state index contributed by atoms with van der Waals surface area (Å²) in [6.07, 6.45) is 18.3. The first-order chi connectivity index (χ1) is 10.3. The number of rotatable bonds is 9. The SMILES string of the molecule is CCCCCCCn1cc2c(c1)C(NCCC)CCCC2. The predicted molar refractivity (Wildman–Crippen MR) is 91.8 cm³/mol. The van der Waals surface area contributed by atoms with Crippen LogP contribution in [0.15, 0.2) is 12.4 Å². The second-order valence-electron chi connectivity index (χ2n) is 6.64. The van der Waals surface area contributed by atoms with Crippen molar-refractivity contribution < 1.29 is 0 Å². The first-order valence-electron chi connectivity index (χ1n) is 9.27. The van der Waals surface area contributed by atoms with E-state index in [4.69, 9.17) is 0 Å². The Labute approximate surface area is 131 Å². The summed E-state index contributed by atoms with van der Waals surface area (Å²) in [6, 6.07) is 0.601. The Morgan fingerprint density at radius 3 is 2.71 bits per heavy atom. The van der Waals surface area contributed by atoms with Gasteiger partial charge in [-0.15, -0.1) is 0 Å². The second-order valence-corrected chi connectivity index (χ2v) is 6.64. The molecule has 0 saturated heterocycles. The Morgan fingerprint density at radius 2 is 1.90 bits per heavy atom. The molecule has 0 bridgehead atoms. The number of fused-ring (bicyclic) bond motifs is 1. The number of hydrogen-bond donors (Lipinski definition) is 1. The summed E-state index contributed by atoms with van der Waals surface area (Å²) in [5.74, 6) is 0. The maximum Gasteiger partial charge on any atom is 0.0338 e. The molecule has 0 amide bonds. The smallest absolute Gasteiger partial charge is 0.0338 e. The van der Waals surface area contributed by atoms with Gasteiger partial charge in [-0.1, -0.05) is 46.0 Å². The monoisotopic (exact) mass is 290 g/mol. The van der Waals surface area contributed by atoms with Crippen molar-refractivity contribution in [1.29, 1.82) is 0 Å². The summed E-state index contributed by atoms with van der Waals surface area (Å²) in [6.45, 7) is 6.89. The number of hydrogen-bond acceptors (Lipinski definition) is 1. The molecule has 1 heterocycles. The van der Waals surface area contributed by atoms with Crippen LogP contribution in [0.5, 0.6) is 0 Å². The van der Waals surface area contributed by atoms with E-state index >= 15 is 0 Å². The normalized spacial score (nSPS) is 18.5. The highest BCUT2D eigenvalue weighted by atomic mass is 15.0. The molecule has 0 aliphatic heterocycles. The van der Waals surface area contributed by atoms with Gasteiger partial charge in [-0.3, -0.25) is 0 Å². The summed E-state index contributed by atoms with van der Waals surface area (Å²) < 4.78 is 2.46. The molecule has 1 aliphatic carbocycles. The topological polar surface area (TPSA) is 17.0 Å². The Bertz CT molecular complexity index is 394. The van der Waals surface area contributed by atoms with Crippen LogP contribution in [0, 0.1) is 0 Å². The van der Waals surface area contributed by atoms with E-state index < -0.39 is 0 Å². The van der Waals surface area contributed by atoms with Crippen molar-refractivity contribution in [3.8, 4) is 0 Å². The number of nitrogens with zero attached hydrogens (tertiary/aromatic N) is 1. The first kappa shape index (κ1) is 16.6. The molecule has 0 aromatic carbocycles. The molecule has 2 rings (SSSR count). The fourth-order valence-corrected chi connectivity index (χ4v) is 3.47. The summed E-state index contributed by atoms with van der Waals surface area (Å²) in [7, 11) is 0. The van der Waals surface area contributed by atoms with Gasteiger partial charge in [-0.2, -0.15) is 0 Å². The van der Waals surface area contributed by atoms with Crippen LogP contribution in [0.3, 0.4) is 0 Å². The predicted octanol–water partition coefficient (Wildman–Crippen LogP) is 5.23. The standard InChI is InChI=1S/C19H34N2/c1-3-5-6-7-10-14-21-15-17-11-8-9-12-19(18(17)16-21)20-13-4-2/h15-16,19-20H,3-14H2,1-2H3. The maximum atomic E-state index is 3.75. The highest BCUT2D eigenvalue weighted by molar-refractivity contribution is 5.29. The Kier molecular flexibility index (Phi) is 7.35. The van der Waals surface area contributed by atoms with Gasteiger partial charge in [-0.25, -0.2) is 0 Å². The van der Waals surface area contributed by atoms with Crippen LogP contribution >= 0.6 is 0 Å². The van der Waals surface area contributed by atoms with Crippen molar-refractivity contribution in [2.75, 3.05) is 6.54 Å². The lowest BCUT2D eigenvalue weighted by Crippen LogP contribution is -2.21. The summed E-state index contributed by atoms with van der Waals surface area (Å²) in [4.78, 5) is 0. The number of aromatic nitrogens is 1. The Morgan fingerprint density at radius 1 is 1.05 bits per heavy atom. The van der Waals surface area contributed by atoms with Crippen molar-refractivity contribution in [2.24, 2.45) is 0 Å². The van der Waals surface area contributed by atoms with Crippen molar-refractivity contribution >= 4 is 0 Å². The van der Waals surface area contributed by atoms with Crippen LogP contribution < -0.4 is 5.32 Å². The Balaban J connectivity index is 1.90. The molecular formula is C19H34N2. The van der Waals surface area contributed by atoms with Gasteiger partial charge in [0.2, 0.25) is 0 Å². The third-order valence-corrected chi connectivity index (χ3v) is 4.72. The van der Waals surface area contributed by atoms with Gasteiger partial charge >= 0.3 is 0 Å². The van der Waals surface area contributed by atoms with E-state index in [1.807, 2.05) is 0 Å². The largest absolute Gasteiger partial charge is 0.354 e. The highest BCUT2D eigenvalue weighted by Gasteiger charge is 2.19. The van der Waals surface area contributed by atoms with Crippen LogP contribution in [0.4, 0.5) is 0 Å². The minimum absolute atomic E-state index is 0.601. The van der Waals surface area contributed by atoms with Crippen molar-refractivity contribution in [2.45, 2.75) is 90.6 Å². The quantitative estimate of drug-likeness (QED) is 0.487. The minimum atomic E-state index is 0.601. The number of aryl methyl sites for hydroxylation is 2. The van der Waals surface area contributed by atoms with E-state index in [0.717, 1.165) is 6.54 Å². The van der Waals surface area contributed by atoms with Crippen LogP contribution in [-0.2, 0) is 13.0 Å². The summed E-state index contributed by atoms with van der Waals surface area (Å²) in [5, 5.41) is 3.75. The van der Waals surface area contributed by atoms with Gasteiger partial charge < -0.3 is 9.88 Å². The summed E-state index contributed by atoms with van der Waals surface area (Å²) in [5.41, 5.74) is 3.20. The molecule has 21 heavy (non-hydrogen) atoms. The molecule has 0 saturated carbocycles. The van der Waals surface area contributed by atoms with Crippen molar-refractivity contribution in [3.05, 3.63) is 23.5 Å². The molecule has 1 atom stereocenters. The molecule has 2 heteroatoms. The molecule has 120 valence electrons. The van der Waals surface area contributed by atoms with Crippen LogP contribution in [0.1, 0.15) is 88.8 Å². The van der Waals surface area contributed by atoms with E-state index in [0.29, 0.717) is 6.04 Å². The van der Waals surface area contributed by atoms with Gasteiger partial charge in [0.15, 0.2) is 0 Å². The van der Waals surface area contributed by atoms with Crippen molar-refractivity contribution in [1.82, 2.24) is 9.88 Å². The Hall–Kier alpha value is -0.760. The third-order valence-electron chi connectivity index (χ3n) is 4.72. The lowest BCUT2D eigenvalue weighted by atomic mass is 10.0. The molecule has 1 unspecified atom stereocenters. The molecule has 0 radical (unpaired) electrons. The zero-order valence-electron chi connectivity index (χ0n) is 14.2. The second kappa shape index (κ2) is 9.30. The van der Waals surface area contributed by atoms with E-state index in [-0.39, 0.29) is 0 Å². The molecule has 1 aliphatic rings. The van der Waals surface area contributed by atoms with E-state index in [1.54, 1.807) is 11.1 Å². The minimum Gasteiger partial charge on any atom is -0.354 e. The molecular weight excluding hydrogens is 256 g/mol. The van der Waals surface area contributed by atoms with E-state index in [9.17, 15) is 0 Å². The molecule has 0 spiro atoms. The number of nitrogens with one attached hydrogen (secondary N) is 1. The third kappa shape index (κ3) is 5.18. The van der Waals surface area contributed by atoms with Gasteiger partial charge in [0.1, 0.15) is 0 Å². The molecule has 1 N–H and O–H groups in total. The zero-order chi connectivity index (χ0) is 14.9. The highest BCUT2D eigenvalue weighted by Crippen LogP contribution is 2.29. The van der Waals surface area contributed by atoms with E-state index in [2.05, 4.69) is 36.1 Å². The van der Waals surface area contributed by atoms with Crippen molar-refractivity contribution in [3.63, 3.8) is 0 Å². The zero-order valence-corrected chi connectivity index (χ0v) is 14.2. The molecule has 2 nitrogen and oxygen atoms in total. The van der Waals surface area contributed by atoms with Crippen LogP contribution in [-0.4, -0.2) is 11.1 Å². The average Bonchev–Trinajstić information content (AvgIpc) is 2.80. The maximum absolute atomic E-state index is 3.75. The van der Waals surface area contributed by atoms with Crippen LogP contribution in [0.2, 0.25) is 0 Å². The number of unbranched alkanes of at least 4 members (excludes halogenated alkanes) is 4. The van der Waals surface area contributed by atoms with Gasteiger partial charge in [-0.05, 0) is 49.8 Å². The fourth-order valence-electron chi connectivity index (χ4n) is 3.47. The molecule has 1 aromatic heterocycles. The van der Waals surface area contributed by atoms with Crippen LogP contribution in [0.25, 0.3) is 0 Å². The molecule has 0 fully saturated rings. The molecule has 1 aromatic rings. The average molecular weight is 290 g/mol. The van der Waals surface area contributed by atoms with Gasteiger partial charge in [0.25, 0.3) is 0 Å². The lowest BCUT2D eigenvalue weighted by Gasteiger charge is -2.16. The van der Waals surface area contributed by atoms with Gasteiger partial charge in [0.05, 0.1) is 0 Å². The van der Waals surface area contributed by atoms with E-state index in [1.165, 1.54) is 70.8 Å². The lowest BCUT2D eigenvalue weighted by molar-refractivity contribution is 0.486. The first-order valence-corrected chi connectivity index (χ1v) is 9.27.